The molecule has 1 atom stereocenters. The number of carboxylic acids is 1. The van der Waals surface area contributed by atoms with Crippen LogP contribution in [0.3, 0.4) is 0 Å². The highest BCUT2D eigenvalue weighted by atomic mass is 16.4. The van der Waals surface area contributed by atoms with Gasteiger partial charge in [-0.25, -0.2) is 9.59 Å². The number of nitrogens with zero attached hydrogens (tertiary/aromatic N) is 4. The second kappa shape index (κ2) is 5.81. The molecule has 0 aliphatic carbocycles. The zero-order chi connectivity index (χ0) is 15.6. The first kappa shape index (κ1) is 14.8. The molecule has 1 aromatic heterocycles. The molecule has 0 aromatic carbocycles. The molecule has 2 heterocycles. The van der Waals surface area contributed by atoms with Crippen LogP contribution in [0, 0.1) is 0 Å². The van der Waals surface area contributed by atoms with Gasteiger partial charge in [-0.3, -0.25) is 14.4 Å². The van der Waals surface area contributed by atoms with Crippen molar-refractivity contribution in [3.8, 4) is 0 Å². The molecule has 1 fully saturated rings. The molecule has 1 unspecified atom stereocenters. The van der Waals surface area contributed by atoms with E-state index in [2.05, 4.69) is 10.4 Å². The van der Waals surface area contributed by atoms with Gasteiger partial charge >= 0.3 is 12.0 Å². The SMILES string of the molecule is CN(Cc1cnn(C)c1)C(=O)N1CC(=O)NCC1C(=O)O. The van der Waals surface area contributed by atoms with Crippen molar-refractivity contribution in [3.05, 3.63) is 18.0 Å². The van der Waals surface area contributed by atoms with Gasteiger partial charge in [0.05, 0.1) is 12.7 Å². The fraction of sp³-hybridized carbons (Fsp3) is 0.500. The quantitative estimate of drug-likeness (QED) is 0.732. The summed E-state index contributed by atoms with van der Waals surface area (Å²) in [6.07, 6.45) is 3.39. The van der Waals surface area contributed by atoms with Crippen molar-refractivity contribution in [1.29, 1.82) is 0 Å². The summed E-state index contributed by atoms with van der Waals surface area (Å²) >= 11 is 0. The van der Waals surface area contributed by atoms with Gasteiger partial charge in [0.25, 0.3) is 0 Å². The van der Waals surface area contributed by atoms with Crippen LogP contribution in [0.25, 0.3) is 0 Å². The molecular formula is C12H17N5O4. The van der Waals surface area contributed by atoms with Gasteiger partial charge in [0, 0.05) is 32.4 Å². The first-order chi connectivity index (χ1) is 9.88. The van der Waals surface area contributed by atoms with Crippen LogP contribution >= 0.6 is 0 Å². The van der Waals surface area contributed by atoms with E-state index in [1.165, 1.54) is 4.90 Å². The van der Waals surface area contributed by atoms with Gasteiger partial charge in [-0.1, -0.05) is 0 Å². The van der Waals surface area contributed by atoms with Crippen molar-refractivity contribution >= 4 is 17.9 Å². The third-order valence-corrected chi connectivity index (χ3v) is 3.22. The Labute approximate surface area is 121 Å². The zero-order valence-electron chi connectivity index (χ0n) is 11.8. The minimum atomic E-state index is -1.14. The van der Waals surface area contributed by atoms with Gasteiger partial charge in [0.2, 0.25) is 5.91 Å². The van der Waals surface area contributed by atoms with E-state index in [0.717, 1.165) is 10.5 Å². The minimum Gasteiger partial charge on any atom is -0.480 e. The molecule has 2 N–H and O–H groups in total. The summed E-state index contributed by atoms with van der Waals surface area (Å²) in [5.74, 6) is -1.51. The Bertz CT molecular complexity index is 570. The number of hydrogen-bond donors (Lipinski definition) is 2. The monoisotopic (exact) mass is 295 g/mol. The Balaban J connectivity index is 2.08. The number of rotatable bonds is 3. The highest BCUT2D eigenvalue weighted by Gasteiger charge is 2.36. The largest absolute Gasteiger partial charge is 0.480 e. The summed E-state index contributed by atoms with van der Waals surface area (Å²) in [5, 5.41) is 15.6. The lowest BCUT2D eigenvalue weighted by atomic mass is 10.2. The Kier molecular flexibility index (Phi) is 4.10. The van der Waals surface area contributed by atoms with Gasteiger partial charge in [0.15, 0.2) is 0 Å². The lowest BCUT2D eigenvalue weighted by Gasteiger charge is -2.35. The van der Waals surface area contributed by atoms with Gasteiger partial charge in [-0.15, -0.1) is 0 Å². The summed E-state index contributed by atoms with van der Waals surface area (Å²) in [6, 6.07) is -1.55. The lowest BCUT2D eigenvalue weighted by molar-refractivity contribution is -0.144. The van der Waals surface area contributed by atoms with Crippen LogP contribution < -0.4 is 5.32 Å². The van der Waals surface area contributed by atoms with E-state index >= 15 is 0 Å². The lowest BCUT2D eigenvalue weighted by Crippen LogP contribution is -2.61. The molecule has 21 heavy (non-hydrogen) atoms. The molecule has 0 bridgehead atoms. The Morgan fingerprint density at radius 2 is 2.29 bits per heavy atom. The molecule has 1 aliphatic heterocycles. The number of carbonyl (C=O) groups is 3. The predicted molar refractivity (Wildman–Crippen MR) is 71.2 cm³/mol. The second-order valence-electron chi connectivity index (χ2n) is 4.95. The summed E-state index contributed by atoms with van der Waals surface area (Å²) in [6.45, 7) is -0.0506. The molecule has 2 rings (SSSR count). The number of aryl methyl sites for hydroxylation is 1. The maximum Gasteiger partial charge on any atom is 0.328 e. The smallest absolute Gasteiger partial charge is 0.328 e. The minimum absolute atomic E-state index is 0.0827. The molecule has 9 nitrogen and oxygen atoms in total. The number of aliphatic carboxylic acids is 1. The van der Waals surface area contributed by atoms with Crippen molar-refractivity contribution in [1.82, 2.24) is 24.9 Å². The zero-order valence-corrected chi connectivity index (χ0v) is 11.8. The number of carbonyl (C=O) groups excluding carboxylic acids is 2. The molecule has 114 valence electrons. The maximum absolute atomic E-state index is 12.4. The van der Waals surface area contributed by atoms with Crippen molar-refractivity contribution in [2.45, 2.75) is 12.6 Å². The second-order valence-corrected chi connectivity index (χ2v) is 4.95. The molecule has 0 saturated carbocycles. The van der Waals surface area contributed by atoms with E-state index in [0.29, 0.717) is 0 Å². The molecule has 0 radical (unpaired) electrons. The number of urea groups is 1. The van der Waals surface area contributed by atoms with E-state index < -0.39 is 18.0 Å². The molecule has 9 heteroatoms. The van der Waals surface area contributed by atoms with Crippen molar-refractivity contribution in [2.24, 2.45) is 7.05 Å². The fourth-order valence-corrected chi connectivity index (χ4v) is 2.18. The van der Waals surface area contributed by atoms with Gasteiger partial charge in [-0.2, -0.15) is 5.10 Å². The first-order valence-corrected chi connectivity index (χ1v) is 6.37. The fourth-order valence-electron chi connectivity index (χ4n) is 2.18. The Morgan fingerprint density at radius 1 is 1.57 bits per heavy atom. The third-order valence-electron chi connectivity index (χ3n) is 3.22. The van der Waals surface area contributed by atoms with Crippen molar-refractivity contribution in [3.63, 3.8) is 0 Å². The topological polar surface area (TPSA) is 108 Å². The predicted octanol–water partition coefficient (Wildman–Crippen LogP) is -1.14. The number of piperazine rings is 1. The van der Waals surface area contributed by atoms with Crippen LogP contribution in [0.4, 0.5) is 4.79 Å². The Morgan fingerprint density at radius 3 is 2.86 bits per heavy atom. The normalized spacial score (nSPS) is 18.3. The van der Waals surface area contributed by atoms with Crippen LogP contribution in [0.5, 0.6) is 0 Å². The van der Waals surface area contributed by atoms with Crippen LogP contribution in [-0.2, 0) is 23.2 Å². The van der Waals surface area contributed by atoms with Crippen LogP contribution in [0.1, 0.15) is 5.56 Å². The van der Waals surface area contributed by atoms with Crippen molar-refractivity contribution < 1.29 is 19.5 Å². The van der Waals surface area contributed by atoms with Gasteiger partial charge < -0.3 is 15.3 Å². The van der Waals surface area contributed by atoms with Crippen molar-refractivity contribution in [2.75, 3.05) is 20.1 Å². The summed E-state index contributed by atoms with van der Waals surface area (Å²) in [4.78, 5) is 37.4. The molecule has 1 aromatic rings. The van der Waals surface area contributed by atoms with E-state index in [4.69, 9.17) is 5.11 Å². The van der Waals surface area contributed by atoms with E-state index in [-0.39, 0.29) is 25.5 Å². The van der Waals surface area contributed by atoms with Gasteiger partial charge in [0.1, 0.15) is 12.6 Å². The van der Waals surface area contributed by atoms with Crippen LogP contribution in [-0.4, -0.2) is 68.8 Å². The van der Waals surface area contributed by atoms with E-state index in [1.54, 1.807) is 31.2 Å². The van der Waals surface area contributed by atoms with Crippen LogP contribution in [0.2, 0.25) is 0 Å². The third kappa shape index (κ3) is 3.30. The number of nitrogens with one attached hydrogen (secondary N) is 1. The highest BCUT2D eigenvalue weighted by molar-refractivity contribution is 5.90. The Hall–Kier alpha value is -2.58. The summed E-state index contributed by atoms with van der Waals surface area (Å²) in [7, 11) is 3.32. The number of amides is 3. The number of carboxylic acid groups (broad SMARTS) is 1. The molecule has 0 spiro atoms. The highest BCUT2D eigenvalue weighted by Crippen LogP contribution is 2.10. The van der Waals surface area contributed by atoms with E-state index in [1.807, 2.05) is 0 Å². The molecule has 1 saturated heterocycles. The molecule has 3 amide bonds. The van der Waals surface area contributed by atoms with E-state index in [9.17, 15) is 14.4 Å². The first-order valence-electron chi connectivity index (χ1n) is 6.37. The number of hydrogen-bond acceptors (Lipinski definition) is 4. The summed E-state index contributed by atoms with van der Waals surface area (Å²) < 4.78 is 1.61. The maximum atomic E-state index is 12.4. The summed E-state index contributed by atoms with van der Waals surface area (Å²) in [5.41, 5.74) is 0.821. The molecule has 1 aliphatic rings. The average molecular weight is 295 g/mol. The number of aromatic nitrogens is 2. The average Bonchev–Trinajstić information content (AvgIpc) is 2.82. The molecular weight excluding hydrogens is 278 g/mol. The van der Waals surface area contributed by atoms with Crippen LogP contribution in [0.15, 0.2) is 12.4 Å². The standard InChI is InChI=1S/C12H17N5O4/c1-15(5-8-3-14-16(2)6-8)12(21)17-7-10(18)13-4-9(17)11(19)20/h3,6,9H,4-5,7H2,1-2H3,(H,13,18)(H,19,20). The van der Waals surface area contributed by atoms with Gasteiger partial charge in [-0.05, 0) is 0 Å².